The molecule has 1 saturated heterocycles. The van der Waals surface area contributed by atoms with E-state index in [1.807, 2.05) is 6.92 Å². The fourth-order valence-electron chi connectivity index (χ4n) is 2.87. The molecule has 0 saturated carbocycles. The number of rotatable bonds is 7. The van der Waals surface area contributed by atoms with Gasteiger partial charge in [0.05, 0.1) is 13.7 Å². The Kier molecular flexibility index (Phi) is 7.20. The number of carbonyl (C=O) groups is 1. The summed E-state index contributed by atoms with van der Waals surface area (Å²) in [5.41, 5.74) is 0.598. The highest BCUT2D eigenvalue weighted by Gasteiger charge is 2.12. The van der Waals surface area contributed by atoms with Gasteiger partial charge in [0, 0.05) is 18.7 Å². The van der Waals surface area contributed by atoms with Crippen molar-refractivity contribution in [1.82, 2.24) is 10.2 Å². The van der Waals surface area contributed by atoms with E-state index >= 15 is 0 Å². The maximum atomic E-state index is 12.3. The smallest absolute Gasteiger partial charge is 0.251 e. The van der Waals surface area contributed by atoms with Gasteiger partial charge in [0.25, 0.3) is 5.91 Å². The summed E-state index contributed by atoms with van der Waals surface area (Å²) >= 11 is 0. The van der Waals surface area contributed by atoms with Crippen molar-refractivity contribution in [2.45, 2.75) is 32.6 Å². The number of nitrogens with zero attached hydrogens (tertiary/aromatic N) is 1. The molecule has 1 aliphatic rings. The van der Waals surface area contributed by atoms with Gasteiger partial charge in [-0.3, -0.25) is 4.79 Å². The molecule has 5 nitrogen and oxygen atoms in total. The van der Waals surface area contributed by atoms with E-state index in [4.69, 9.17) is 9.47 Å². The molecule has 1 fully saturated rings. The number of carbonyl (C=O) groups excluding carboxylic acids is 1. The number of nitrogens with one attached hydrogen (secondary N) is 1. The van der Waals surface area contributed by atoms with Crippen molar-refractivity contribution in [2.24, 2.45) is 0 Å². The molecule has 0 radical (unpaired) electrons. The molecule has 1 amide bonds. The van der Waals surface area contributed by atoms with Gasteiger partial charge in [-0.1, -0.05) is 12.8 Å². The summed E-state index contributed by atoms with van der Waals surface area (Å²) in [5.74, 6) is 1.18. The van der Waals surface area contributed by atoms with Crippen LogP contribution in [-0.2, 0) is 0 Å². The van der Waals surface area contributed by atoms with Gasteiger partial charge in [-0.25, -0.2) is 0 Å². The highest BCUT2D eigenvalue weighted by molar-refractivity contribution is 5.94. The van der Waals surface area contributed by atoms with Gasteiger partial charge < -0.3 is 19.7 Å². The van der Waals surface area contributed by atoms with Gasteiger partial charge in [-0.2, -0.15) is 0 Å². The number of hydrogen-bond donors (Lipinski definition) is 1. The van der Waals surface area contributed by atoms with Crippen LogP contribution < -0.4 is 14.8 Å². The second-order valence-electron chi connectivity index (χ2n) is 5.81. The average Bonchev–Trinajstić information content (AvgIpc) is 2.84. The molecule has 128 valence electrons. The quantitative estimate of drug-likeness (QED) is 0.839. The Labute approximate surface area is 139 Å². The molecule has 1 aromatic rings. The summed E-state index contributed by atoms with van der Waals surface area (Å²) in [4.78, 5) is 14.7. The lowest BCUT2D eigenvalue weighted by molar-refractivity contribution is 0.0948. The lowest BCUT2D eigenvalue weighted by Crippen LogP contribution is -2.35. The third-order valence-corrected chi connectivity index (χ3v) is 4.14. The van der Waals surface area contributed by atoms with E-state index in [-0.39, 0.29) is 5.91 Å². The SMILES string of the molecule is CCOc1ccc(C(=O)NCCN2CCCCCC2)cc1OC. The van der Waals surface area contributed by atoms with Crippen molar-refractivity contribution in [1.29, 1.82) is 0 Å². The van der Waals surface area contributed by atoms with Crippen LogP contribution in [0.5, 0.6) is 11.5 Å². The van der Waals surface area contributed by atoms with E-state index in [0.29, 0.717) is 30.2 Å². The maximum absolute atomic E-state index is 12.3. The summed E-state index contributed by atoms with van der Waals surface area (Å²) in [7, 11) is 1.58. The standard InChI is InChI=1S/C18H28N2O3/c1-3-23-16-9-8-15(14-17(16)22-2)18(21)19-10-13-20-11-6-4-5-7-12-20/h8-9,14H,3-7,10-13H2,1-2H3,(H,19,21). The topological polar surface area (TPSA) is 50.8 Å². The molecule has 1 heterocycles. The molecule has 23 heavy (non-hydrogen) atoms. The second-order valence-corrected chi connectivity index (χ2v) is 5.81. The maximum Gasteiger partial charge on any atom is 0.251 e. The summed E-state index contributed by atoms with van der Waals surface area (Å²) in [5, 5.41) is 2.99. The first-order valence-electron chi connectivity index (χ1n) is 8.56. The van der Waals surface area contributed by atoms with Crippen molar-refractivity contribution < 1.29 is 14.3 Å². The lowest BCUT2D eigenvalue weighted by atomic mass is 10.2. The first kappa shape index (κ1) is 17.6. The first-order valence-corrected chi connectivity index (χ1v) is 8.56. The minimum atomic E-state index is -0.0684. The molecule has 1 aromatic carbocycles. The Morgan fingerprint density at radius 1 is 1.17 bits per heavy atom. The molecule has 0 unspecified atom stereocenters. The predicted molar refractivity (Wildman–Crippen MR) is 91.4 cm³/mol. The Bertz CT molecular complexity index is 497. The van der Waals surface area contributed by atoms with E-state index in [1.54, 1.807) is 25.3 Å². The molecular formula is C18H28N2O3. The van der Waals surface area contributed by atoms with E-state index in [1.165, 1.54) is 25.7 Å². The Morgan fingerprint density at radius 2 is 1.91 bits per heavy atom. The number of amides is 1. The van der Waals surface area contributed by atoms with Crippen molar-refractivity contribution in [3.8, 4) is 11.5 Å². The van der Waals surface area contributed by atoms with Gasteiger partial charge >= 0.3 is 0 Å². The van der Waals surface area contributed by atoms with Gasteiger partial charge in [-0.15, -0.1) is 0 Å². The summed E-state index contributed by atoms with van der Waals surface area (Å²) in [6.45, 7) is 6.37. The molecule has 0 atom stereocenters. The van der Waals surface area contributed by atoms with Crippen LogP contribution in [0.4, 0.5) is 0 Å². The molecule has 5 heteroatoms. The number of hydrogen-bond acceptors (Lipinski definition) is 4. The van der Waals surface area contributed by atoms with Crippen LogP contribution in [0.25, 0.3) is 0 Å². The molecule has 1 N–H and O–H groups in total. The van der Waals surface area contributed by atoms with E-state index in [9.17, 15) is 4.79 Å². The zero-order valence-electron chi connectivity index (χ0n) is 14.3. The summed E-state index contributed by atoms with van der Waals surface area (Å²) in [6, 6.07) is 5.28. The molecule has 1 aliphatic heterocycles. The first-order chi connectivity index (χ1) is 11.2. The van der Waals surface area contributed by atoms with Gasteiger partial charge in [0.15, 0.2) is 11.5 Å². The lowest BCUT2D eigenvalue weighted by Gasteiger charge is -2.19. The average molecular weight is 320 g/mol. The minimum Gasteiger partial charge on any atom is -0.493 e. The van der Waals surface area contributed by atoms with Crippen molar-refractivity contribution in [3.05, 3.63) is 23.8 Å². The van der Waals surface area contributed by atoms with Crippen molar-refractivity contribution >= 4 is 5.91 Å². The van der Waals surface area contributed by atoms with Gasteiger partial charge in [0.2, 0.25) is 0 Å². The zero-order valence-corrected chi connectivity index (χ0v) is 14.3. The highest BCUT2D eigenvalue weighted by Crippen LogP contribution is 2.27. The molecule has 0 bridgehead atoms. The number of methoxy groups -OCH3 is 1. The predicted octanol–water partition coefficient (Wildman–Crippen LogP) is 2.70. The third kappa shape index (κ3) is 5.43. The molecule has 2 rings (SSSR count). The van der Waals surface area contributed by atoms with Gasteiger partial charge in [0.1, 0.15) is 0 Å². The van der Waals surface area contributed by atoms with Crippen molar-refractivity contribution in [2.75, 3.05) is 39.9 Å². The fraction of sp³-hybridized carbons (Fsp3) is 0.611. The van der Waals surface area contributed by atoms with Gasteiger partial charge in [-0.05, 0) is 51.1 Å². The van der Waals surface area contributed by atoms with Crippen LogP contribution in [0, 0.1) is 0 Å². The van der Waals surface area contributed by atoms with Crippen molar-refractivity contribution in [3.63, 3.8) is 0 Å². The third-order valence-electron chi connectivity index (χ3n) is 4.14. The molecule has 0 spiro atoms. The molecule has 0 aromatic heterocycles. The summed E-state index contributed by atoms with van der Waals surface area (Å²) < 4.78 is 10.8. The number of ether oxygens (including phenoxy) is 2. The van der Waals surface area contributed by atoms with E-state index in [2.05, 4.69) is 10.2 Å². The number of likely N-dealkylation sites (tertiary alicyclic amines) is 1. The van der Waals surface area contributed by atoms with Crippen LogP contribution in [0.15, 0.2) is 18.2 Å². The fourth-order valence-corrected chi connectivity index (χ4v) is 2.87. The van der Waals surface area contributed by atoms with Crippen LogP contribution in [0.3, 0.4) is 0 Å². The van der Waals surface area contributed by atoms with Crippen LogP contribution in [-0.4, -0.2) is 50.7 Å². The normalized spacial score (nSPS) is 15.7. The van der Waals surface area contributed by atoms with E-state index < -0.39 is 0 Å². The van der Waals surface area contributed by atoms with E-state index in [0.717, 1.165) is 19.6 Å². The molecule has 0 aliphatic carbocycles. The minimum absolute atomic E-state index is 0.0684. The molecular weight excluding hydrogens is 292 g/mol. The number of benzene rings is 1. The van der Waals surface area contributed by atoms with Crippen LogP contribution in [0.1, 0.15) is 43.0 Å². The van der Waals surface area contributed by atoms with Crippen LogP contribution >= 0.6 is 0 Å². The summed E-state index contributed by atoms with van der Waals surface area (Å²) in [6.07, 6.45) is 5.19. The largest absolute Gasteiger partial charge is 0.493 e. The Morgan fingerprint density at radius 3 is 2.57 bits per heavy atom. The highest BCUT2D eigenvalue weighted by atomic mass is 16.5. The van der Waals surface area contributed by atoms with Crippen LogP contribution in [0.2, 0.25) is 0 Å². The second kappa shape index (κ2) is 9.40. The monoisotopic (exact) mass is 320 g/mol. The Hall–Kier alpha value is -1.75. The Balaban J connectivity index is 1.85. The zero-order chi connectivity index (χ0) is 16.5.